The van der Waals surface area contributed by atoms with Crippen molar-refractivity contribution < 1.29 is 4.79 Å². The first-order chi connectivity index (χ1) is 6.33. The lowest BCUT2D eigenvalue weighted by atomic mass is 10.3. The van der Waals surface area contributed by atoms with Gasteiger partial charge in [0.2, 0.25) is 0 Å². The number of carbonyl (C=O) groups is 1. The molecular formula is C9H13N3O. The summed E-state index contributed by atoms with van der Waals surface area (Å²) in [6.45, 7) is 0.608. The van der Waals surface area contributed by atoms with Gasteiger partial charge in [0.1, 0.15) is 0 Å². The Morgan fingerprint density at radius 3 is 3.00 bits per heavy atom. The number of rotatable bonds is 3. The van der Waals surface area contributed by atoms with E-state index in [9.17, 15) is 4.79 Å². The number of amides is 2. The maximum Gasteiger partial charge on any atom is 0.314 e. The van der Waals surface area contributed by atoms with Crippen LogP contribution in [-0.2, 0) is 6.42 Å². The molecule has 0 saturated heterocycles. The van der Waals surface area contributed by atoms with Gasteiger partial charge < -0.3 is 10.6 Å². The Kier molecular flexibility index (Phi) is 3.75. The molecule has 0 fully saturated rings. The third-order valence-electron chi connectivity index (χ3n) is 1.62. The Balaban J connectivity index is 2.24. The Morgan fingerprint density at radius 1 is 1.54 bits per heavy atom. The van der Waals surface area contributed by atoms with Crippen LogP contribution in [-0.4, -0.2) is 24.6 Å². The highest BCUT2D eigenvalue weighted by molar-refractivity contribution is 5.73. The highest BCUT2D eigenvalue weighted by atomic mass is 16.2. The van der Waals surface area contributed by atoms with E-state index in [1.807, 2.05) is 18.2 Å². The van der Waals surface area contributed by atoms with Crippen LogP contribution < -0.4 is 10.6 Å². The molecule has 4 nitrogen and oxygen atoms in total. The summed E-state index contributed by atoms with van der Waals surface area (Å²) < 4.78 is 0. The predicted octanol–water partition coefficient (Wildman–Crippen LogP) is 0.553. The van der Waals surface area contributed by atoms with Gasteiger partial charge in [0.15, 0.2) is 0 Å². The number of nitrogens with one attached hydrogen (secondary N) is 2. The first-order valence-corrected chi connectivity index (χ1v) is 4.18. The molecule has 0 saturated carbocycles. The monoisotopic (exact) mass is 179 g/mol. The lowest BCUT2D eigenvalue weighted by Gasteiger charge is -2.02. The maximum atomic E-state index is 10.8. The molecule has 2 amide bonds. The van der Waals surface area contributed by atoms with Crippen LogP contribution >= 0.6 is 0 Å². The molecular weight excluding hydrogens is 166 g/mol. The summed E-state index contributed by atoms with van der Waals surface area (Å²) >= 11 is 0. The zero-order valence-electron chi connectivity index (χ0n) is 7.58. The van der Waals surface area contributed by atoms with E-state index in [1.165, 1.54) is 0 Å². The van der Waals surface area contributed by atoms with Crippen molar-refractivity contribution in [1.29, 1.82) is 0 Å². The molecule has 0 spiro atoms. The SMILES string of the molecule is CNC(=O)NCCc1ccccn1. The predicted molar refractivity (Wildman–Crippen MR) is 50.4 cm³/mol. The minimum Gasteiger partial charge on any atom is -0.341 e. The molecule has 1 heterocycles. The average molecular weight is 179 g/mol. The second-order valence-electron chi connectivity index (χ2n) is 2.58. The van der Waals surface area contributed by atoms with Crippen molar-refractivity contribution in [3.05, 3.63) is 30.1 Å². The van der Waals surface area contributed by atoms with Gasteiger partial charge in [0.05, 0.1) is 0 Å². The normalized spacial score (nSPS) is 9.31. The molecule has 0 aliphatic rings. The van der Waals surface area contributed by atoms with Crippen LogP contribution in [0.5, 0.6) is 0 Å². The summed E-state index contributed by atoms with van der Waals surface area (Å²) in [5.41, 5.74) is 0.985. The fraction of sp³-hybridized carbons (Fsp3) is 0.333. The number of carbonyl (C=O) groups excluding carboxylic acids is 1. The third-order valence-corrected chi connectivity index (χ3v) is 1.62. The van der Waals surface area contributed by atoms with Crippen molar-refractivity contribution in [1.82, 2.24) is 15.6 Å². The first kappa shape index (κ1) is 9.51. The molecule has 0 unspecified atom stereocenters. The largest absolute Gasteiger partial charge is 0.341 e. The Morgan fingerprint density at radius 2 is 2.38 bits per heavy atom. The van der Waals surface area contributed by atoms with E-state index in [4.69, 9.17) is 0 Å². The van der Waals surface area contributed by atoms with Crippen molar-refractivity contribution in [3.8, 4) is 0 Å². The average Bonchev–Trinajstić information content (AvgIpc) is 2.19. The summed E-state index contributed by atoms with van der Waals surface area (Å²) in [5.74, 6) is 0. The molecule has 1 aromatic heterocycles. The van der Waals surface area contributed by atoms with Crippen LogP contribution in [0.15, 0.2) is 24.4 Å². The summed E-state index contributed by atoms with van der Waals surface area (Å²) in [6, 6.07) is 5.58. The quantitative estimate of drug-likeness (QED) is 0.712. The van der Waals surface area contributed by atoms with Crippen molar-refractivity contribution in [2.24, 2.45) is 0 Å². The molecule has 0 aromatic carbocycles. The van der Waals surface area contributed by atoms with Crippen molar-refractivity contribution in [2.75, 3.05) is 13.6 Å². The third kappa shape index (κ3) is 3.55. The zero-order valence-corrected chi connectivity index (χ0v) is 7.58. The topological polar surface area (TPSA) is 54.0 Å². The lowest BCUT2D eigenvalue weighted by molar-refractivity contribution is 0.243. The molecule has 0 aliphatic heterocycles. The van der Waals surface area contributed by atoms with Gasteiger partial charge in [0, 0.05) is 31.9 Å². The molecule has 0 aliphatic carbocycles. The molecule has 4 heteroatoms. The summed E-state index contributed by atoms with van der Waals surface area (Å²) in [6.07, 6.45) is 2.50. The minimum absolute atomic E-state index is 0.157. The first-order valence-electron chi connectivity index (χ1n) is 4.18. The molecule has 1 aromatic rings. The lowest BCUT2D eigenvalue weighted by Crippen LogP contribution is -2.34. The Hall–Kier alpha value is -1.58. The van der Waals surface area contributed by atoms with Crippen LogP contribution in [0.1, 0.15) is 5.69 Å². The van der Waals surface area contributed by atoms with Crippen LogP contribution in [0.2, 0.25) is 0 Å². The van der Waals surface area contributed by atoms with Crippen LogP contribution in [0, 0.1) is 0 Å². The number of nitrogens with zero attached hydrogens (tertiary/aromatic N) is 1. The summed E-state index contributed by atoms with van der Waals surface area (Å²) in [4.78, 5) is 14.9. The van der Waals surface area contributed by atoms with Gasteiger partial charge in [-0.05, 0) is 12.1 Å². The highest BCUT2D eigenvalue weighted by Crippen LogP contribution is 1.92. The van der Waals surface area contributed by atoms with E-state index >= 15 is 0 Å². The highest BCUT2D eigenvalue weighted by Gasteiger charge is 1.95. The van der Waals surface area contributed by atoms with E-state index in [-0.39, 0.29) is 6.03 Å². The van der Waals surface area contributed by atoms with E-state index in [0.717, 1.165) is 12.1 Å². The molecule has 0 bridgehead atoms. The maximum absolute atomic E-state index is 10.8. The van der Waals surface area contributed by atoms with Gasteiger partial charge in [-0.2, -0.15) is 0 Å². The van der Waals surface area contributed by atoms with Gasteiger partial charge in [0.25, 0.3) is 0 Å². The smallest absolute Gasteiger partial charge is 0.314 e. The molecule has 13 heavy (non-hydrogen) atoms. The van der Waals surface area contributed by atoms with Crippen LogP contribution in [0.25, 0.3) is 0 Å². The van der Waals surface area contributed by atoms with Crippen LogP contribution in [0.3, 0.4) is 0 Å². The second kappa shape index (κ2) is 5.13. The molecule has 0 atom stereocenters. The van der Waals surface area contributed by atoms with Gasteiger partial charge >= 0.3 is 6.03 Å². The molecule has 0 radical (unpaired) electrons. The van der Waals surface area contributed by atoms with Crippen molar-refractivity contribution >= 4 is 6.03 Å². The van der Waals surface area contributed by atoms with E-state index in [0.29, 0.717) is 6.54 Å². The second-order valence-corrected chi connectivity index (χ2v) is 2.58. The van der Waals surface area contributed by atoms with E-state index < -0.39 is 0 Å². The van der Waals surface area contributed by atoms with Crippen molar-refractivity contribution in [2.45, 2.75) is 6.42 Å². The van der Waals surface area contributed by atoms with E-state index in [2.05, 4.69) is 15.6 Å². The zero-order chi connectivity index (χ0) is 9.52. The number of pyridine rings is 1. The minimum atomic E-state index is -0.157. The summed E-state index contributed by atoms with van der Waals surface area (Å²) in [7, 11) is 1.59. The van der Waals surface area contributed by atoms with Crippen molar-refractivity contribution in [3.63, 3.8) is 0 Å². The molecule has 70 valence electrons. The van der Waals surface area contributed by atoms with Gasteiger partial charge in [-0.1, -0.05) is 6.07 Å². The van der Waals surface area contributed by atoms with Gasteiger partial charge in [-0.3, -0.25) is 4.98 Å². The Labute approximate surface area is 77.4 Å². The number of hydrogen-bond acceptors (Lipinski definition) is 2. The van der Waals surface area contributed by atoms with Gasteiger partial charge in [-0.15, -0.1) is 0 Å². The number of aromatic nitrogens is 1. The standard InChI is InChI=1S/C9H13N3O/c1-10-9(13)12-7-5-8-4-2-3-6-11-8/h2-4,6H,5,7H2,1H3,(H2,10,12,13). The van der Waals surface area contributed by atoms with Gasteiger partial charge in [-0.25, -0.2) is 4.79 Å². The fourth-order valence-electron chi connectivity index (χ4n) is 0.938. The summed E-state index contributed by atoms with van der Waals surface area (Å²) in [5, 5.41) is 5.17. The molecule has 1 rings (SSSR count). The fourth-order valence-corrected chi connectivity index (χ4v) is 0.938. The Bertz CT molecular complexity index is 261. The molecule has 2 N–H and O–H groups in total. The van der Waals surface area contributed by atoms with Crippen LogP contribution in [0.4, 0.5) is 4.79 Å². The number of hydrogen-bond donors (Lipinski definition) is 2. The number of urea groups is 1. The van der Waals surface area contributed by atoms with E-state index in [1.54, 1.807) is 13.2 Å².